The molecule has 2 aromatic carbocycles. The minimum Gasteiger partial charge on any atom is -0.481 e. The molecular weight excluding hydrogens is 332 g/mol. The standard InChI is InChI=1S/C20H18N2O4/c1-14(26-15-8-3-2-4-9-15)19(23)21-16-10-5-6-11-17(16)22-20(24)18-12-7-13-25-18/h2-14H,1H3,(H,21,23)(H,22,24)/t14-/m0/s1. The van der Waals surface area contributed by atoms with Crippen molar-refractivity contribution in [2.24, 2.45) is 0 Å². The Kier molecular flexibility index (Phi) is 5.34. The summed E-state index contributed by atoms with van der Waals surface area (Å²) in [5, 5.41) is 5.49. The smallest absolute Gasteiger partial charge is 0.291 e. The summed E-state index contributed by atoms with van der Waals surface area (Å²) in [5.41, 5.74) is 0.940. The molecule has 0 saturated heterocycles. The van der Waals surface area contributed by atoms with Gasteiger partial charge in [-0.05, 0) is 43.3 Å². The molecule has 132 valence electrons. The number of benzene rings is 2. The van der Waals surface area contributed by atoms with Crippen LogP contribution in [0.5, 0.6) is 5.75 Å². The summed E-state index contributed by atoms with van der Waals surface area (Å²) >= 11 is 0. The number of rotatable bonds is 6. The van der Waals surface area contributed by atoms with Crippen molar-refractivity contribution < 1.29 is 18.7 Å². The van der Waals surface area contributed by atoms with Gasteiger partial charge in [0.1, 0.15) is 5.75 Å². The maximum atomic E-state index is 12.4. The number of ether oxygens (including phenoxy) is 1. The lowest BCUT2D eigenvalue weighted by atomic mass is 10.2. The van der Waals surface area contributed by atoms with E-state index in [0.717, 1.165) is 0 Å². The van der Waals surface area contributed by atoms with Gasteiger partial charge < -0.3 is 19.8 Å². The molecule has 3 rings (SSSR count). The molecule has 0 aliphatic heterocycles. The van der Waals surface area contributed by atoms with Crippen LogP contribution < -0.4 is 15.4 Å². The van der Waals surface area contributed by atoms with Crippen LogP contribution in [0.4, 0.5) is 11.4 Å². The summed E-state index contributed by atoms with van der Waals surface area (Å²) in [7, 11) is 0. The fourth-order valence-electron chi connectivity index (χ4n) is 2.28. The van der Waals surface area contributed by atoms with E-state index >= 15 is 0 Å². The Balaban J connectivity index is 1.67. The van der Waals surface area contributed by atoms with Gasteiger partial charge in [-0.2, -0.15) is 0 Å². The maximum absolute atomic E-state index is 12.4. The Hall–Kier alpha value is -3.54. The third-order valence-corrected chi connectivity index (χ3v) is 3.60. The van der Waals surface area contributed by atoms with Gasteiger partial charge in [-0.25, -0.2) is 0 Å². The fraction of sp³-hybridized carbons (Fsp3) is 0.100. The summed E-state index contributed by atoms with van der Waals surface area (Å²) in [6.45, 7) is 1.66. The largest absolute Gasteiger partial charge is 0.481 e. The first-order chi connectivity index (χ1) is 12.6. The van der Waals surface area contributed by atoms with Gasteiger partial charge in [0.15, 0.2) is 11.9 Å². The first-order valence-electron chi connectivity index (χ1n) is 8.10. The zero-order valence-corrected chi connectivity index (χ0v) is 14.1. The van der Waals surface area contributed by atoms with Crippen molar-refractivity contribution >= 4 is 23.2 Å². The number of furan rings is 1. The van der Waals surface area contributed by atoms with Crippen molar-refractivity contribution in [3.05, 3.63) is 78.8 Å². The Morgan fingerprint density at radius 1 is 0.885 bits per heavy atom. The van der Waals surface area contributed by atoms with Crippen LogP contribution in [0.3, 0.4) is 0 Å². The Bertz CT molecular complexity index is 876. The van der Waals surface area contributed by atoms with Crippen LogP contribution in [0.25, 0.3) is 0 Å². The predicted octanol–water partition coefficient (Wildman–Crippen LogP) is 3.94. The summed E-state index contributed by atoms with van der Waals surface area (Å²) < 4.78 is 10.7. The van der Waals surface area contributed by atoms with E-state index in [0.29, 0.717) is 17.1 Å². The summed E-state index contributed by atoms with van der Waals surface area (Å²) in [6.07, 6.45) is 0.719. The lowest BCUT2D eigenvalue weighted by Crippen LogP contribution is -2.30. The maximum Gasteiger partial charge on any atom is 0.291 e. The van der Waals surface area contributed by atoms with E-state index in [1.165, 1.54) is 6.26 Å². The van der Waals surface area contributed by atoms with E-state index in [2.05, 4.69) is 10.6 Å². The van der Waals surface area contributed by atoms with Crippen LogP contribution in [0.2, 0.25) is 0 Å². The van der Waals surface area contributed by atoms with Crippen molar-refractivity contribution in [2.45, 2.75) is 13.0 Å². The average Bonchev–Trinajstić information content (AvgIpc) is 3.19. The van der Waals surface area contributed by atoms with Crippen molar-refractivity contribution in [2.75, 3.05) is 10.6 Å². The topological polar surface area (TPSA) is 80.6 Å². The lowest BCUT2D eigenvalue weighted by molar-refractivity contribution is -0.122. The number of amides is 2. The van der Waals surface area contributed by atoms with Crippen molar-refractivity contribution in [3.8, 4) is 5.75 Å². The van der Waals surface area contributed by atoms with Crippen LogP contribution in [-0.4, -0.2) is 17.9 Å². The molecule has 0 saturated carbocycles. The molecule has 2 N–H and O–H groups in total. The second-order valence-corrected chi connectivity index (χ2v) is 5.54. The molecule has 2 amide bonds. The van der Waals surface area contributed by atoms with Crippen molar-refractivity contribution in [1.29, 1.82) is 0 Å². The summed E-state index contributed by atoms with van der Waals surface area (Å²) in [5.74, 6) is 0.0697. The number of para-hydroxylation sites is 3. The van der Waals surface area contributed by atoms with E-state index in [1.54, 1.807) is 55.5 Å². The second kappa shape index (κ2) is 8.02. The molecule has 6 heteroatoms. The van der Waals surface area contributed by atoms with Gasteiger partial charge in [-0.15, -0.1) is 0 Å². The van der Waals surface area contributed by atoms with E-state index in [4.69, 9.17) is 9.15 Å². The minimum atomic E-state index is -0.703. The first-order valence-corrected chi connectivity index (χ1v) is 8.10. The third-order valence-electron chi connectivity index (χ3n) is 3.60. The van der Waals surface area contributed by atoms with Crippen LogP contribution in [0.1, 0.15) is 17.5 Å². The molecule has 0 bridgehead atoms. The van der Waals surface area contributed by atoms with E-state index in [-0.39, 0.29) is 11.7 Å². The third kappa shape index (κ3) is 4.30. The lowest BCUT2D eigenvalue weighted by Gasteiger charge is -2.16. The number of nitrogens with one attached hydrogen (secondary N) is 2. The van der Waals surface area contributed by atoms with Crippen LogP contribution in [0, 0.1) is 0 Å². The molecule has 26 heavy (non-hydrogen) atoms. The number of hydrogen-bond donors (Lipinski definition) is 2. The quantitative estimate of drug-likeness (QED) is 0.706. The van der Waals surface area contributed by atoms with Gasteiger partial charge in [0.05, 0.1) is 17.6 Å². The molecule has 0 radical (unpaired) electrons. The highest BCUT2D eigenvalue weighted by molar-refractivity contribution is 6.06. The number of hydrogen-bond acceptors (Lipinski definition) is 4. The van der Waals surface area contributed by atoms with Gasteiger partial charge in [-0.1, -0.05) is 30.3 Å². The highest BCUT2D eigenvalue weighted by atomic mass is 16.5. The summed E-state index contributed by atoms with van der Waals surface area (Å²) in [6, 6.07) is 19.2. The first kappa shape index (κ1) is 17.3. The average molecular weight is 350 g/mol. The molecule has 6 nitrogen and oxygen atoms in total. The number of carbonyl (C=O) groups excluding carboxylic acids is 2. The molecular formula is C20H18N2O4. The minimum absolute atomic E-state index is 0.187. The summed E-state index contributed by atoms with van der Waals surface area (Å²) in [4.78, 5) is 24.6. The van der Waals surface area contributed by atoms with Gasteiger partial charge in [0, 0.05) is 0 Å². The Labute approximate surface area is 150 Å². The SMILES string of the molecule is C[C@H](Oc1ccccc1)C(=O)Nc1ccccc1NC(=O)c1ccco1. The van der Waals surface area contributed by atoms with Crippen molar-refractivity contribution in [3.63, 3.8) is 0 Å². The highest BCUT2D eigenvalue weighted by Gasteiger charge is 2.17. The second-order valence-electron chi connectivity index (χ2n) is 5.54. The van der Waals surface area contributed by atoms with Crippen molar-refractivity contribution in [1.82, 2.24) is 0 Å². The zero-order chi connectivity index (χ0) is 18.4. The van der Waals surface area contributed by atoms with Crippen LogP contribution >= 0.6 is 0 Å². The van der Waals surface area contributed by atoms with Gasteiger partial charge in [-0.3, -0.25) is 9.59 Å². The van der Waals surface area contributed by atoms with E-state index in [9.17, 15) is 9.59 Å². The van der Waals surface area contributed by atoms with Gasteiger partial charge >= 0.3 is 0 Å². The molecule has 1 heterocycles. The highest BCUT2D eigenvalue weighted by Crippen LogP contribution is 2.22. The monoisotopic (exact) mass is 350 g/mol. The molecule has 3 aromatic rings. The fourth-order valence-corrected chi connectivity index (χ4v) is 2.28. The molecule has 1 aromatic heterocycles. The molecule has 0 fully saturated rings. The Morgan fingerprint density at radius 2 is 1.54 bits per heavy atom. The molecule has 0 unspecified atom stereocenters. The normalized spacial score (nSPS) is 11.4. The van der Waals surface area contributed by atoms with E-state index < -0.39 is 12.0 Å². The molecule has 1 atom stereocenters. The molecule has 0 aliphatic carbocycles. The number of anilines is 2. The van der Waals surface area contributed by atoms with Gasteiger partial charge in [0.2, 0.25) is 0 Å². The van der Waals surface area contributed by atoms with E-state index in [1.807, 2.05) is 18.2 Å². The number of carbonyl (C=O) groups is 2. The van der Waals surface area contributed by atoms with Crippen LogP contribution in [-0.2, 0) is 4.79 Å². The predicted molar refractivity (Wildman–Crippen MR) is 98.3 cm³/mol. The van der Waals surface area contributed by atoms with Crippen LogP contribution in [0.15, 0.2) is 77.4 Å². The van der Waals surface area contributed by atoms with Gasteiger partial charge in [0.25, 0.3) is 11.8 Å². The molecule has 0 aliphatic rings. The molecule has 0 spiro atoms. The zero-order valence-electron chi connectivity index (χ0n) is 14.1. The Morgan fingerprint density at radius 3 is 2.19 bits per heavy atom.